The number of aliphatic hydroxyl groups is 1. The summed E-state index contributed by atoms with van der Waals surface area (Å²) in [6.45, 7) is 5.28. The monoisotopic (exact) mass is 231 g/mol. The van der Waals surface area contributed by atoms with E-state index in [1.54, 1.807) is 6.92 Å². The molecule has 0 saturated heterocycles. The molecule has 0 fully saturated rings. The zero-order valence-corrected chi connectivity index (χ0v) is 9.99. The number of aliphatic hydroxyl groups excluding tert-OH is 1. The summed E-state index contributed by atoms with van der Waals surface area (Å²) in [4.78, 5) is 22.5. The average molecular weight is 231 g/mol. The largest absolute Gasteiger partial charge is 0.392 e. The maximum atomic E-state index is 11.4. The highest BCUT2D eigenvalue weighted by molar-refractivity contribution is 5.87. The van der Waals surface area contributed by atoms with E-state index in [1.165, 1.54) is 0 Å². The normalized spacial score (nSPS) is 14.4. The number of nitrogens with one attached hydrogen (secondary N) is 2. The van der Waals surface area contributed by atoms with Crippen LogP contribution in [0.1, 0.15) is 20.8 Å². The molecular weight excluding hydrogens is 210 g/mol. The lowest BCUT2D eigenvalue weighted by Gasteiger charge is -2.15. The molecule has 0 spiro atoms. The van der Waals surface area contributed by atoms with Crippen molar-refractivity contribution < 1.29 is 14.7 Å². The highest BCUT2D eigenvalue weighted by Crippen LogP contribution is 1.97. The van der Waals surface area contributed by atoms with Crippen LogP contribution in [-0.2, 0) is 9.59 Å². The van der Waals surface area contributed by atoms with Gasteiger partial charge >= 0.3 is 0 Å². The molecule has 5 N–H and O–H groups in total. The third kappa shape index (κ3) is 6.36. The molecule has 0 aromatic rings. The van der Waals surface area contributed by atoms with Crippen LogP contribution in [0.5, 0.6) is 0 Å². The zero-order valence-electron chi connectivity index (χ0n) is 9.99. The molecule has 0 aromatic carbocycles. The molecular formula is C10H21N3O3. The van der Waals surface area contributed by atoms with E-state index in [9.17, 15) is 9.59 Å². The van der Waals surface area contributed by atoms with Gasteiger partial charge in [0.15, 0.2) is 0 Å². The Hall–Kier alpha value is -1.14. The number of rotatable bonds is 6. The summed E-state index contributed by atoms with van der Waals surface area (Å²) < 4.78 is 0. The van der Waals surface area contributed by atoms with Crippen LogP contribution < -0.4 is 16.4 Å². The van der Waals surface area contributed by atoms with Gasteiger partial charge in [-0.15, -0.1) is 0 Å². The van der Waals surface area contributed by atoms with Gasteiger partial charge in [-0.2, -0.15) is 0 Å². The van der Waals surface area contributed by atoms with E-state index in [4.69, 9.17) is 10.8 Å². The number of hydrogen-bond donors (Lipinski definition) is 4. The van der Waals surface area contributed by atoms with Gasteiger partial charge in [0.25, 0.3) is 0 Å². The van der Waals surface area contributed by atoms with Gasteiger partial charge in [0.1, 0.15) is 0 Å². The molecule has 94 valence electrons. The molecule has 0 rings (SSSR count). The molecule has 0 unspecified atom stereocenters. The second-order valence-electron chi connectivity index (χ2n) is 4.14. The lowest BCUT2D eigenvalue weighted by Crippen LogP contribution is -2.47. The van der Waals surface area contributed by atoms with E-state index in [-0.39, 0.29) is 30.8 Å². The van der Waals surface area contributed by atoms with Gasteiger partial charge in [-0.05, 0) is 12.8 Å². The Labute approximate surface area is 95.6 Å². The first kappa shape index (κ1) is 14.9. The molecule has 2 amide bonds. The second kappa shape index (κ2) is 7.19. The first-order valence-corrected chi connectivity index (χ1v) is 5.32. The second-order valence-corrected chi connectivity index (χ2v) is 4.14. The van der Waals surface area contributed by atoms with Crippen LogP contribution in [0.2, 0.25) is 0 Å². The van der Waals surface area contributed by atoms with Crippen LogP contribution in [0.4, 0.5) is 0 Å². The smallest absolute Gasteiger partial charge is 0.239 e. The third-order valence-corrected chi connectivity index (χ3v) is 2.04. The molecule has 0 radical (unpaired) electrons. The van der Waals surface area contributed by atoms with Crippen LogP contribution in [0.15, 0.2) is 0 Å². The Balaban J connectivity index is 3.79. The van der Waals surface area contributed by atoms with Crippen molar-refractivity contribution in [3.8, 4) is 0 Å². The van der Waals surface area contributed by atoms with E-state index < -0.39 is 12.1 Å². The van der Waals surface area contributed by atoms with E-state index in [0.29, 0.717) is 0 Å². The first-order chi connectivity index (χ1) is 7.34. The van der Waals surface area contributed by atoms with E-state index in [2.05, 4.69) is 10.6 Å². The van der Waals surface area contributed by atoms with Gasteiger partial charge in [-0.3, -0.25) is 9.59 Å². The molecule has 16 heavy (non-hydrogen) atoms. The fourth-order valence-electron chi connectivity index (χ4n) is 0.912. The highest BCUT2D eigenvalue weighted by atomic mass is 16.3. The standard InChI is InChI=1S/C10H21N3O3/c1-6(2)9(11)10(16)13-5-8(15)12-4-7(3)14/h6-7,9,14H,4-5,11H2,1-3H3,(H,12,15)(H,13,16)/t7-,9+/m1/s1. The minimum Gasteiger partial charge on any atom is -0.392 e. The van der Waals surface area contributed by atoms with Crippen molar-refractivity contribution in [2.75, 3.05) is 13.1 Å². The minimum absolute atomic E-state index is 0.0283. The molecule has 0 saturated carbocycles. The average Bonchev–Trinajstić information content (AvgIpc) is 2.21. The maximum Gasteiger partial charge on any atom is 0.239 e. The summed E-state index contributed by atoms with van der Waals surface area (Å²) in [5.41, 5.74) is 5.58. The summed E-state index contributed by atoms with van der Waals surface area (Å²) in [7, 11) is 0. The van der Waals surface area contributed by atoms with Crippen LogP contribution in [0, 0.1) is 5.92 Å². The first-order valence-electron chi connectivity index (χ1n) is 5.32. The minimum atomic E-state index is -0.607. The Bertz CT molecular complexity index is 241. The molecule has 0 aliphatic rings. The molecule has 6 nitrogen and oxygen atoms in total. The quantitative estimate of drug-likeness (QED) is 0.450. The fourth-order valence-corrected chi connectivity index (χ4v) is 0.912. The van der Waals surface area contributed by atoms with Gasteiger partial charge in [0.05, 0.1) is 18.7 Å². The number of carbonyl (C=O) groups excluding carboxylic acids is 2. The molecule has 2 atom stereocenters. The Kier molecular flexibility index (Phi) is 6.67. The van der Waals surface area contributed by atoms with Crippen molar-refractivity contribution in [3.63, 3.8) is 0 Å². The van der Waals surface area contributed by atoms with Gasteiger partial charge in [0, 0.05) is 6.54 Å². The number of nitrogens with two attached hydrogens (primary N) is 1. The van der Waals surface area contributed by atoms with Crippen LogP contribution in [-0.4, -0.2) is 42.2 Å². The van der Waals surface area contributed by atoms with E-state index in [1.807, 2.05) is 13.8 Å². The van der Waals surface area contributed by atoms with Crippen molar-refractivity contribution in [2.24, 2.45) is 11.7 Å². The summed E-state index contributed by atoms with van der Waals surface area (Å²) in [6, 6.07) is -0.607. The van der Waals surface area contributed by atoms with Crippen molar-refractivity contribution in [3.05, 3.63) is 0 Å². The van der Waals surface area contributed by atoms with Crippen LogP contribution >= 0.6 is 0 Å². The van der Waals surface area contributed by atoms with Crippen LogP contribution in [0.25, 0.3) is 0 Å². The molecule has 0 aromatic heterocycles. The summed E-state index contributed by atoms with van der Waals surface area (Å²) in [6.07, 6.45) is -0.599. The highest BCUT2D eigenvalue weighted by Gasteiger charge is 2.17. The summed E-state index contributed by atoms with van der Waals surface area (Å²) in [5, 5.41) is 13.8. The number of amides is 2. The fraction of sp³-hybridized carbons (Fsp3) is 0.800. The number of hydrogen-bond acceptors (Lipinski definition) is 4. The molecule has 0 aliphatic carbocycles. The zero-order chi connectivity index (χ0) is 12.7. The van der Waals surface area contributed by atoms with Gasteiger partial charge in [-0.25, -0.2) is 0 Å². The molecule has 0 bridgehead atoms. The Morgan fingerprint density at radius 3 is 2.25 bits per heavy atom. The lowest BCUT2D eigenvalue weighted by atomic mass is 10.1. The number of carbonyl (C=O) groups is 2. The Morgan fingerprint density at radius 2 is 1.81 bits per heavy atom. The van der Waals surface area contributed by atoms with Crippen molar-refractivity contribution in [1.29, 1.82) is 0 Å². The molecule has 0 aliphatic heterocycles. The predicted molar refractivity (Wildman–Crippen MR) is 60.5 cm³/mol. The predicted octanol–water partition coefficient (Wildman–Crippen LogP) is -1.42. The third-order valence-electron chi connectivity index (χ3n) is 2.04. The summed E-state index contributed by atoms with van der Waals surface area (Å²) >= 11 is 0. The molecule has 0 heterocycles. The van der Waals surface area contributed by atoms with Gasteiger partial charge < -0.3 is 21.5 Å². The van der Waals surface area contributed by atoms with E-state index >= 15 is 0 Å². The topological polar surface area (TPSA) is 104 Å². The SMILES string of the molecule is CC(C)[C@H](N)C(=O)NCC(=O)NC[C@@H](C)O. The Morgan fingerprint density at radius 1 is 1.25 bits per heavy atom. The van der Waals surface area contributed by atoms with Gasteiger partial charge in [-0.1, -0.05) is 13.8 Å². The van der Waals surface area contributed by atoms with Crippen molar-refractivity contribution >= 4 is 11.8 Å². The molecule has 6 heteroatoms. The van der Waals surface area contributed by atoms with Crippen molar-refractivity contribution in [2.45, 2.75) is 32.9 Å². The van der Waals surface area contributed by atoms with Crippen molar-refractivity contribution in [1.82, 2.24) is 10.6 Å². The van der Waals surface area contributed by atoms with Gasteiger partial charge in [0.2, 0.25) is 11.8 Å². The maximum absolute atomic E-state index is 11.4. The summed E-state index contributed by atoms with van der Waals surface area (Å²) in [5.74, 6) is -0.659. The van der Waals surface area contributed by atoms with Crippen LogP contribution in [0.3, 0.4) is 0 Å². The lowest BCUT2D eigenvalue weighted by molar-refractivity contribution is -0.127. The van der Waals surface area contributed by atoms with E-state index in [0.717, 1.165) is 0 Å².